The van der Waals surface area contributed by atoms with E-state index in [4.69, 9.17) is 11.6 Å². The Hall–Kier alpha value is -2.18. The van der Waals surface area contributed by atoms with Crippen molar-refractivity contribution >= 4 is 44.9 Å². The molecule has 2 N–H and O–H groups in total. The van der Waals surface area contributed by atoms with Crippen LogP contribution in [0.15, 0.2) is 36.7 Å². The molecule has 0 unspecified atom stereocenters. The highest BCUT2D eigenvalue weighted by atomic mass is 35.5. The number of aromatic nitrogens is 2. The summed E-state index contributed by atoms with van der Waals surface area (Å²) in [4.78, 5) is 22.7. The molecule has 3 aromatic rings. The van der Waals surface area contributed by atoms with Gasteiger partial charge in [0.25, 0.3) is 5.91 Å². The minimum Gasteiger partial charge on any atom is -0.368 e. The average Bonchev–Trinajstić information content (AvgIpc) is 2.92. The van der Waals surface area contributed by atoms with E-state index < -0.39 is 0 Å². The number of aryl methyl sites for hydroxylation is 1. The van der Waals surface area contributed by atoms with Crippen molar-refractivity contribution in [2.75, 3.05) is 18.4 Å². The van der Waals surface area contributed by atoms with Crippen LogP contribution in [-0.2, 0) is 0 Å². The zero-order valence-corrected chi connectivity index (χ0v) is 14.0. The summed E-state index contributed by atoms with van der Waals surface area (Å²) in [5.41, 5.74) is 0.479. The Bertz CT molecular complexity index is 849. The topological polar surface area (TPSA) is 66.9 Å². The number of halogens is 1. The predicted octanol–water partition coefficient (Wildman–Crippen LogP) is 3.50. The van der Waals surface area contributed by atoms with Gasteiger partial charge in [0, 0.05) is 18.0 Å². The van der Waals surface area contributed by atoms with Gasteiger partial charge in [0.1, 0.15) is 17.0 Å². The number of carbonyl (C=O) groups excluding carboxylic acids is 1. The third-order valence-electron chi connectivity index (χ3n) is 3.27. The van der Waals surface area contributed by atoms with E-state index >= 15 is 0 Å². The summed E-state index contributed by atoms with van der Waals surface area (Å²) in [6, 6.07) is 9.04. The Kier molecular flexibility index (Phi) is 4.73. The van der Waals surface area contributed by atoms with Gasteiger partial charge >= 0.3 is 0 Å². The summed E-state index contributed by atoms with van der Waals surface area (Å²) >= 11 is 7.64. The maximum atomic E-state index is 12.0. The van der Waals surface area contributed by atoms with E-state index in [-0.39, 0.29) is 5.91 Å². The van der Waals surface area contributed by atoms with Gasteiger partial charge in [-0.05, 0) is 25.1 Å². The summed E-state index contributed by atoms with van der Waals surface area (Å²) in [5.74, 6) is 0.600. The van der Waals surface area contributed by atoms with Crippen LogP contribution in [0.2, 0.25) is 5.02 Å². The van der Waals surface area contributed by atoms with Crippen molar-refractivity contribution < 1.29 is 4.79 Å². The Morgan fingerprint density at radius 3 is 2.91 bits per heavy atom. The van der Waals surface area contributed by atoms with E-state index in [1.165, 1.54) is 4.88 Å². The first kappa shape index (κ1) is 15.7. The number of fused-ring (bicyclic) bond motifs is 1. The van der Waals surface area contributed by atoms with Gasteiger partial charge in [0.15, 0.2) is 0 Å². The van der Waals surface area contributed by atoms with Crippen molar-refractivity contribution in [1.29, 1.82) is 0 Å². The van der Waals surface area contributed by atoms with Gasteiger partial charge in [-0.1, -0.05) is 23.7 Å². The van der Waals surface area contributed by atoms with E-state index in [2.05, 4.69) is 26.7 Å². The molecule has 0 fully saturated rings. The number of nitrogens with one attached hydrogen (secondary N) is 2. The number of benzene rings is 1. The molecular formula is C16H15ClN4OS. The maximum absolute atomic E-state index is 12.0. The number of rotatable bonds is 5. The van der Waals surface area contributed by atoms with Crippen LogP contribution in [0.25, 0.3) is 10.2 Å². The second-order valence-corrected chi connectivity index (χ2v) is 6.60. The fourth-order valence-corrected chi connectivity index (χ4v) is 3.28. The summed E-state index contributed by atoms with van der Waals surface area (Å²) in [7, 11) is 0. The van der Waals surface area contributed by atoms with Crippen LogP contribution in [0.3, 0.4) is 0 Å². The van der Waals surface area contributed by atoms with Crippen LogP contribution in [0.5, 0.6) is 0 Å². The number of carbonyl (C=O) groups is 1. The van der Waals surface area contributed by atoms with E-state index in [0.717, 1.165) is 16.0 Å². The lowest BCUT2D eigenvalue weighted by Gasteiger charge is -2.08. The Morgan fingerprint density at radius 2 is 2.09 bits per heavy atom. The van der Waals surface area contributed by atoms with Crippen molar-refractivity contribution in [3.63, 3.8) is 0 Å². The van der Waals surface area contributed by atoms with Crippen LogP contribution in [0.1, 0.15) is 15.2 Å². The summed E-state index contributed by atoms with van der Waals surface area (Å²) < 4.78 is 0. The van der Waals surface area contributed by atoms with Gasteiger partial charge in [-0.3, -0.25) is 4.79 Å². The first-order chi connectivity index (χ1) is 11.1. The van der Waals surface area contributed by atoms with Gasteiger partial charge in [-0.15, -0.1) is 11.3 Å². The quantitative estimate of drug-likeness (QED) is 0.694. The van der Waals surface area contributed by atoms with Gasteiger partial charge in [-0.2, -0.15) is 0 Å². The van der Waals surface area contributed by atoms with Crippen molar-refractivity contribution in [3.8, 4) is 0 Å². The fraction of sp³-hybridized carbons (Fsp3) is 0.188. The third kappa shape index (κ3) is 3.60. The monoisotopic (exact) mass is 346 g/mol. The van der Waals surface area contributed by atoms with Crippen molar-refractivity contribution in [2.24, 2.45) is 0 Å². The van der Waals surface area contributed by atoms with Crippen LogP contribution in [0, 0.1) is 6.92 Å². The lowest BCUT2D eigenvalue weighted by atomic mass is 10.2. The summed E-state index contributed by atoms with van der Waals surface area (Å²) in [6.07, 6.45) is 1.54. The smallest absolute Gasteiger partial charge is 0.252 e. The molecule has 1 amide bonds. The van der Waals surface area contributed by atoms with Crippen LogP contribution >= 0.6 is 22.9 Å². The molecule has 0 aliphatic carbocycles. The third-order valence-corrected chi connectivity index (χ3v) is 4.56. The molecule has 0 spiro atoms. The second-order valence-electron chi connectivity index (χ2n) is 4.96. The zero-order valence-electron chi connectivity index (χ0n) is 12.5. The normalized spacial score (nSPS) is 10.7. The van der Waals surface area contributed by atoms with E-state index in [9.17, 15) is 4.79 Å². The molecule has 0 atom stereocenters. The molecule has 7 heteroatoms. The highest BCUT2D eigenvalue weighted by Gasteiger charge is 2.09. The Balaban J connectivity index is 1.57. The standard InChI is InChI=1S/C16H15ClN4OS/c1-10-8-12-14(20-9-21-16(12)23-10)18-6-7-19-15(22)11-4-2-3-5-13(11)17/h2-5,8-9H,6-7H2,1H3,(H,19,22)(H,18,20,21). The lowest BCUT2D eigenvalue weighted by Crippen LogP contribution is -2.29. The van der Waals surface area contributed by atoms with Crippen LogP contribution in [-0.4, -0.2) is 29.0 Å². The van der Waals surface area contributed by atoms with Gasteiger partial charge in [-0.25, -0.2) is 9.97 Å². The molecule has 3 rings (SSSR count). The minimum atomic E-state index is -0.184. The van der Waals surface area contributed by atoms with Crippen LogP contribution < -0.4 is 10.6 Å². The molecule has 0 saturated carbocycles. The largest absolute Gasteiger partial charge is 0.368 e. The first-order valence-electron chi connectivity index (χ1n) is 7.13. The fourth-order valence-electron chi connectivity index (χ4n) is 2.21. The zero-order chi connectivity index (χ0) is 16.2. The molecule has 0 saturated heterocycles. The number of hydrogen-bond donors (Lipinski definition) is 2. The van der Waals surface area contributed by atoms with Crippen LogP contribution in [0.4, 0.5) is 5.82 Å². The number of thiophene rings is 1. The SMILES string of the molecule is Cc1cc2c(NCCNC(=O)c3ccccc3Cl)ncnc2s1. The molecule has 5 nitrogen and oxygen atoms in total. The van der Waals surface area contributed by atoms with E-state index in [1.807, 2.05) is 6.92 Å². The van der Waals surface area contributed by atoms with Gasteiger partial charge in [0.2, 0.25) is 0 Å². The van der Waals surface area contributed by atoms with Gasteiger partial charge < -0.3 is 10.6 Å². The van der Waals surface area contributed by atoms with E-state index in [1.54, 1.807) is 41.9 Å². The minimum absolute atomic E-state index is 0.184. The number of amides is 1. The lowest BCUT2D eigenvalue weighted by molar-refractivity contribution is 0.0955. The summed E-state index contributed by atoms with van der Waals surface area (Å²) in [5, 5.41) is 7.52. The number of nitrogens with zero attached hydrogens (tertiary/aromatic N) is 2. The van der Waals surface area contributed by atoms with Gasteiger partial charge in [0.05, 0.1) is 16.0 Å². The molecular weight excluding hydrogens is 332 g/mol. The van der Waals surface area contributed by atoms with Crippen molar-refractivity contribution in [3.05, 3.63) is 52.1 Å². The average molecular weight is 347 g/mol. The highest BCUT2D eigenvalue weighted by molar-refractivity contribution is 7.18. The molecule has 0 aliphatic rings. The molecule has 2 heterocycles. The van der Waals surface area contributed by atoms with Crippen molar-refractivity contribution in [2.45, 2.75) is 6.92 Å². The predicted molar refractivity (Wildman–Crippen MR) is 94.4 cm³/mol. The highest BCUT2D eigenvalue weighted by Crippen LogP contribution is 2.27. The number of anilines is 1. The Labute approximate surface area is 142 Å². The van der Waals surface area contributed by atoms with E-state index in [0.29, 0.717) is 23.7 Å². The molecule has 118 valence electrons. The van der Waals surface area contributed by atoms with Crippen molar-refractivity contribution in [1.82, 2.24) is 15.3 Å². The first-order valence-corrected chi connectivity index (χ1v) is 8.32. The Morgan fingerprint density at radius 1 is 1.26 bits per heavy atom. The summed E-state index contributed by atoms with van der Waals surface area (Å²) in [6.45, 7) is 3.08. The molecule has 2 aromatic heterocycles. The molecule has 23 heavy (non-hydrogen) atoms. The molecule has 0 radical (unpaired) electrons. The molecule has 0 aliphatic heterocycles. The second kappa shape index (κ2) is 6.93. The molecule has 1 aromatic carbocycles. The molecule has 0 bridgehead atoms. The maximum Gasteiger partial charge on any atom is 0.252 e. The number of hydrogen-bond acceptors (Lipinski definition) is 5.